The lowest BCUT2D eigenvalue weighted by Crippen LogP contribution is -2.36. The number of hydrogen-bond acceptors (Lipinski definition) is 2. The van der Waals surface area contributed by atoms with Crippen molar-refractivity contribution in [3.63, 3.8) is 0 Å². The van der Waals surface area contributed by atoms with Crippen LogP contribution in [0.2, 0.25) is 0 Å². The summed E-state index contributed by atoms with van der Waals surface area (Å²) in [4.78, 5) is 18.2. The minimum Gasteiger partial charge on any atom is -0.339 e. The van der Waals surface area contributed by atoms with E-state index in [0.717, 1.165) is 12.8 Å². The van der Waals surface area contributed by atoms with Crippen LogP contribution >= 0.6 is 0 Å². The smallest absolute Gasteiger partial charge is 0.255 e. The Bertz CT molecular complexity index is 356. The van der Waals surface area contributed by atoms with Crippen molar-refractivity contribution in [1.29, 1.82) is 0 Å². The van der Waals surface area contributed by atoms with Gasteiger partial charge in [-0.1, -0.05) is 25.7 Å². The van der Waals surface area contributed by atoms with Crippen LogP contribution in [-0.2, 0) is 0 Å². The Morgan fingerprint density at radius 3 is 2.59 bits per heavy atom. The van der Waals surface area contributed by atoms with Gasteiger partial charge >= 0.3 is 0 Å². The number of aromatic nitrogens is 1. The summed E-state index contributed by atoms with van der Waals surface area (Å²) in [6, 6.07) is 4.06. The first-order valence-corrected chi connectivity index (χ1v) is 6.46. The average molecular weight is 232 g/mol. The summed E-state index contributed by atoms with van der Waals surface area (Å²) in [6.45, 7) is 0. The number of carbonyl (C=O) groups is 1. The normalized spacial score (nSPS) is 17.5. The van der Waals surface area contributed by atoms with Gasteiger partial charge in [0.15, 0.2) is 0 Å². The summed E-state index contributed by atoms with van der Waals surface area (Å²) < 4.78 is 0. The predicted octanol–water partition coefficient (Wildman–Crippen LogP) is 2.88. The molecule has 0 N–H and O–H groups in total. The topological polar surface area (TPSA) is 33.2 Å². The molecule has 0 spiro atoms. The molecule has 1 saturated carbocycles. The fourth-order valence-corrected chi connectivity index (χ4v) is 2.50. The number of pyridine rings is 1. The maximum Gasteiger partial charge on any atom is 0.255 e. The van der Waals surface area contributed by atoms with Crippen LogP contribution in [0.5, 0.6) is 0 Å². The van der Waals surface area contributed by atoms with Crippen LogP contribution in [0.15, 0.2) is 24.5 Å². The van der Waals surface area contributed by atoms with Gasteiger partial charge in [-0.2, -0.15) is 0 Å². The van der Waals surface area contributed by atoms with Gasteiger partial charge in [-0.3, -0.25) is 9.78 Å². The average Bonchev–Trinajstić information content (AvgIpc) is 2.67. The molecule has 1 fully saturated rings. The maximum atomic E-state index is 12.2. The zero-order chi connectivity index (χ0) is 12.1. The van der Waals surface area contributed by atoms with Crippen LogP contribution in [-0.4, -0.2) is 28.9 Å². The summed E-state index contributed by atoms with van der Waals surface area (Å²) >= 11 is 0. The fourth-order valence-electron chi connectivity index (χ4n) is 2.50. The molecule has 3 heteroatoms. The molecule has 2 rings (SSSR count). The highest BCUT2D eigenvalue weighted by molar-refractivity contribution is 5.93. The number of hydrogen-bond donors (Lipinski definition) is 0. The van der Waals surface area contributed by atoms with Gasteiger partial charge < -0.3 is 4.90 Å². The molecular formula is C14H20N2O. The van der Waals surface area contributed by atoms with Gasteiger partial charge in [-0.25, -0.2) is 0 Å². The van der Waals surface area contributed by atoms with Crippen LogP contribution in [0.25, 0.3) is 0 Å². The van der Waals surface area contributed by atoms with Crippen LogP contribution in [0.3, 0.4) is 0 Å². The third kappa shape index (κ3) is 3.05. The number of rotatable bonds is 2. The van der Waals surface area contributed by atoms with E-state index in [2.05, 4.69) is 4.98 Å². The second-order valence-electron chi connectivity index (χ2n) is 4.80. The molecule has 0 saturated heterocycles. The minimum absolute atomic E-state index is 0.102. The third-order valence-electron chi connectivity index (χ3n) is 3.60. The zero-order valence-electron chi connectivity index (χ0n) is 10.4. The highest BCUT2D eigenvalue weighted by Gasteiger charge is 2.21. The van der Waals surface area contributed by atoms with Gasteiger partial charge in [0.2, 0.25) is 0 Å². The SMILES string of the molecule is CN(C(=O)c1cccnc1)C1CCCCCC1. The number of carbonyl (C=O) groups excluding carboxylic acids is 1. The van der Waals surface area contributed by atoms with Crippen molar-refractivity contribution in [3.05, 3.63) is 30.1 Å². The molecule has 0 unspecified atom stereocenters. The Morgan fingerprint density at radius 2 is 2.00 bits per heavy atom. The molecule has 17 heavy (non-hydrogen) atoms. The van der Waals surface area contributed by atoms with Crippen molar-refractivity contribution in [1.82, 2.24) is 9.88 Å². The van der Waals surface area contributed by atoms with Gasteiger partial charge in [-0.05, 0) is 25.0 Å². The Hall–Kier alpha value is -1.38. The second kappa shape index (κ2) is 5.80. The van der Waals surface area contributed by atoms with Crippen molar-refractivity contribution in [2.45, 2.75) is 44.6 Å². The molecule has 0 atom stereocenters. The van der Waals surface area contributed by atoms with Crippen molar-refractivity contribution in [2.75, 3.05) is 7.05 Å². The molecule has 1 aromatic heterocycles. The van der Waals surface area contributed by atoms with E-state index in [1.54, 1.807) is 12.4 Å². The molecule has 0 radical (unpaired) electrons. The van der Waals surface area contributed by atoms with Crippen LogP contribution < -0.4 is 0 Å². The molecule has 0 bridgehead atoms. The first-order valence-electron chi connectivity index (χ1n) is 6.46. The lowest BCUT2D eigenvalue weighted by molar-refractivity contribution is 0.0717. The zero-order valence-corrected chi connectivity index (χ0v) is 10.4. The van der Waals surface area contributed by atoms with E-state index < -0.39 is 0 Å². The molecule has 0 aromatic carbocycles. The van der Waals surface area contributed by atoms with Crippen LogP contribution in [0, 0.1) is 0 Å². The standard InChI is InChI=1S/C14H20N2O/c1-16(13-8-4-2-3-5-9-13)14(17)12-7-6-10-15-11-12/h6-7,10-11,13H,2-5,8-9H2,1H3. The molecule has 1 amide bonds. The minimum atomic E-state index is 0.102. The van der Waals surface area contributed by atoms with E-state index in [1.807, 2.05) is 24.1 Å². The molecule has 1 aliphatic carbocycles. The largest absolute Gasteiger partial charge is 0.339 e. The molecule has 3 nitrogen and oxygen atoms in total. The summed E-state index contributed by atoms with van der Waals surface area (Å²) in [5.74, 6) is 0.102. The van der Waals surface area contributed by atoms with Crippen molar-refractivity contribution in [3.8, 4) is 0 Å². The van der Waals surface area contributed by atoms with E-state index in [4.69, 9.17) is 0 Å². The lowest BCUT2D eigenvalue weighted by Gasteiger charge is -2.27. The fraction of sp³-hybridized carbons (Fsp3) is 0.571. The van der Waals surface area contributed by atoms with Crippen LogP contribution in [0.4, 0.5) is 0 Å². The summed E-state index contributed by atoms with van der Waals surface area (Å²) in [5.41, 5.74) is 0.694. The first kappa shape index (κ1) is 12.1. The Balaban J connectivity index is 2.03. The highest BCUT2D eigenvalue weighted by Crippen LogP contribution is 2.22. The van der Waals surface area contributed by atoms with Crippen LogP contribution in [0.1, 0.15) is 48.9 Å². The Morgan fingerprint density at radius 1 is 1.29 bits per heavy atom. The molecule has 0 aliphatic heterocycles. The third-order valence-corrected chi connectivity index (χ3v) is 3.60. The molecule has 1 aliphatic rings. The first-order chi connectivity index (χ1) is 8.29. The predicted molar refractivity (Wildman–Crippen MR) is 67.8 cm³/mol. The molecule has 1 heterocycles. The summed E-state index contributed by atoms with van der Waals surface area (Å²) in [7, 11) is 1.92. The van der Waals surface area contributed by atoms with Crippen molar-refractivity contribution in [2.24, 2.45) is 0 Å². The van der Waals surface area contributed by atoms with Gasteiger partial charge in [-0.15, -0.1) is 0 Å². The van der Waals surface area contributed by atoms with E-state index in [9.17, 15) is 4.79 Å². The van der Waals surface area contributed by atoms with E-state index in [-0.39, 0.29) is 5.91 Å². The number of amides is 1. The summed E-state index contributed by atoms with van der Waals surface area (Å²) in [5, 5.41) is 0. The Kier molecular flexibility index (Phi) is 4.13. The monoisotopic (exact) mass is 232 g/mol. The van der Waals surface area contributed by atoms with E-state index in [0.29, 0.717) is 11.6 Å². The lowest BCUT2D eigenvalue weighted by atomic mass is 10.1. The maximum absolute atomic E-state index is 12.2. The molecule has 1 aromatic rings. The Labute approximate surface area is 103 Å². The van der Waals surface area contributed by atoms with Crippen molar-refractivity contribution < 1.29 is 4.79 Å². The quantitative estimate of drug-likeness (QED) is 0.735. The van der Waals surface area contributed by atoms with E-state index in [1.165, 1.54) is 25.7 Å². The highest BCUT2D eigenvalue weighted by atomic mass is 16.2. The van der Waals surface area contributed by atoms with Gasteiger partial charge in [0.05, 0.1) is 5.56 Å². The molecule has 92 valence electrons. The number of nitrogens with zero attached hydrogens (tertiary/aromatic N) is 2. The van der Waals surface area contributed by atoms with Gasteiger partial charge in [0.1, 0.15) is 0 Å². The van der Waals surface area contributed by atoms with Crippen molar-refractivity contribution >= 4 is 5.91 Å². The van der Waals surface area contributed by atoms with Gasteiger partial charge in [0, 0.05) is 25.5 Å². The molecular weight excluding hydrogens is 212 g/mol. The second-order valence-corrected chi connectivity index (χ2v) is 4.80. The van der Waals surface area contributed by atoms with E-state index >= 15 is 0 Å². The summed E-state index contributed by atoms with van der Waals surface area (Å²) in [6.07, 6.45) is 10.7. The van der Waals surface area contributed by atoms with Gasteiger partial charge in [0.25, 0.3) is 5.91 Å².